The van der Waals surface area contributed by atoms with Crippen molar-refractivity contribution in [2.24, 2.45) is 0 Å². The molecule has 150 valence electrons. The molecule has 1 unspecified atom stereocenters. The highest BCUT2D eigenvalue weighted by molar-refractivity contribution is 5.93. The largest absolute Gasteiger partial charge is 0.434 e. The molecular formula is C19H23F2N5O2. The average molecular weight is 391 g/mol. The van der Waals surface area contributed by atoms with Crippen molar-refractivity contribution in [2.75, 3.05) is 25.0 Å². The van der Waals surface area contributed by atoms with E-state index in [9.17, 15) is 13.6 Å². The Morgan fingerprint density at radius 3 is 2.75 bits per heavy atom. The zero-order valence-corrected chi connectivity index (χ0v) is 16.0. The molecule has 0 bridgehead atoms. The van der Waals surface area contributed by atoms with E-state index in [1.54, 1.807) is 0 Å². The summed E-state index contributed by atoms with van der Waals surface area (Å²) in [7, 11) is 0. The topological polar surface area (TPSA) is 79.4 Å². The van der Waals surface area contributed by atoms with Gasteiger partial charge >= 0.3 is 0 Å². The maximum absolute atomic E-state index is 13.6. The first-order valence-electron chi connectivity index (χ1n) is 8.98. The van der Waals surface area contributed by atoms with E-state index in [4.69, 9.17) is 4.74 Å². The fourth-order valence-corrected chi connectivity index (χ4v) is 3.01. The van der Waals surface area contributed by atoms with E-state index in [1.165, 1.54) is 18.5 Å². The maximum Gasteiger partial charge on any atom is 0.242 e. The lowest BCUT2D eigenvalue weighted by molar-refractivity contribution is -0.121. The van der Waals surface area contributed by atoms with Crippen LogP contribution in [0.3, 0.4) is 0 Å². The predicted octanol–water partition coefficient (Wildman–Crippen LogP) is 2.56. The van der Waals surface area contributed by atoms with Crippen LogP contribution in [0.1, 0.15) is 20.8 Å². The first-order chi connectivity index (χ1) is 13.2. The number of anilines is 1. The van der Waals surface area contributed by atoms with Crippen LogP contribution in [0.5, 0.6) is 11.6 Å². The molecule has 0 aliphatic carbocycles. The second kappa shape index (κ2) is 8.15. The van der Waals surface area contributed by atoms with Crippen molar-refractivity contribution in [3.8, 4) is 11.6 Å². The summed E-state index contributed by atoms with van der Waals surface area (Å²) >= 11 is 0. The zero-order chi connectivity index (χ0) is 20.3. The van der Waals surface area contributed by atoms with Crippen LogP contribution in [0.25, 0.3) is 0 Å². The van der Waals surface area contributed by atoms with E-state index in [0.717, 1.165) is 31.8 Å². The van der Waals surface area contributed by atoms with E-state index in [0.29, 0.717) is 0 Å². The Bertz CT molecular complexity index is 845. The van der Waals surface area contributed by atoms with Crippen molar-refractivity contribution < 1.29 is 18.3 Å². The average Bonchev–Trinajstić information content (AvgIpc) is 2.64. The number of benzene rings is 1. The third kappa shape index (κ3) is 4.99. The van der Waals surface area contributed by atoms with E-state index in [1.807, 2.05) is 6.92 Å². The van der Waals surface area contributed by atoms with Gasteiger partial charge in [0.1, 0.15) is 5.82 Å². The van der Waals surface area contributed by atoms with Crippen LogP contribution >= 0.6 is 0 Å². The van der Waals surface area contributed by atoms with Gasteiger partial charge in [-0.15, -0.1) is 0 Å². The van der Waals surface area contributed by atoms with Gasteiger partial charge in [0.2, 0.25) is 11.8 Å². The Labute approximate surface area is 162 Å². The molecule has 1 fully saturated rings. The Morgan fingerprint density at radius 2 is 2.11 bits per heavy atom. The summed E-state index contributed by atoms with van der Waals surface area (Å²) in [4.78, 5) is 22.7. The summed E-state index contributed by atoms with van der Waals surface area (Å²) in [6.45, 7) is 8.38. The molecule has 1 aliphatic heterocycles. The zero-order valence-electron chi connectivity index (χ0n) is 16.0. The highest BCUT2D eigenvalue weighted by Gasteiger charge is 2.31. The van der Waals surface area contributed by atoms with Crippen molar-refractivity contribution in [2.45, 2.75) is 32.4 Å². The molecule has 3 rings (SSSR count). The molecule has 1 aliphatic rings. The number of nitrogens with zero attached hydrogens (tertiary/aromatic N) is 3. The summed E-state index contributed by atoms with van der Waals surface area (Å²) in [6.07, 6.45) is 2.58. The molecule has 9 heteroatoms. The minimum atomic E-state index is -0.841. The van der Waals surface area contributed by atoms with E-state index in [2.05, 4.69) is 39.3 Å². The molecule has 2 aromatic rings. The van der Waals surface area contributed by atoms with Crippen LogP contribution in [0.4, 0.5) is 14.6 Å². The van der Waals surface area contributed by atoms with Gasteiger partial charge in [0.25, 0.3) is 0 Å². The lowest BCUT2D eigenvalue weighted by Crippen LogP contribution is -2.60. The molecule has 1 aromatic heterocycles. The number of halogens is 2. The second-order valence-electron chi connectivity index (χ2n) is 7.36. The predicted molar refractivity (Wildman–Crippen MR) is 100 cm³/mol. The molecule has 0 saturated carbocycles. The van der Waals surface area contributed by atoms with Gasteiger partial charge in [-0.25, -0.2) is 18.7 Å². The molecule has 28 heavy (non-hydrogen) atoms. The summed E-state index contributed by atoms with van der Waals surface area (Å²) in [5.41, 5.74) is -0.0544. The van der Waals surface area contributed by atoms with E-state index >= 15 is 0 Å². The number of amides is 1. The molecule has 2 heterocycles. The first kappa shape index (κ1) is 20.1. The van der Waals surface area contributed by atoms with E-state index in [-0.39, 0.29) is 34.9 Å². The molecule has 1 atom stereocenters. The van der Waals surface area contributed by atoms with Gasteiger partial charge in [-0.2, -0.15) is 0 Å². The van der Waals surface area contributed by atoms with Crippen LogP contribution in [-0.4, -0.2) is 52.0 Å². The highest BCUT2D eigenvalue weighted by Crippen LogP contribution is 2.23. The van der Waals surface area contributed by atoms with E-state index < -0.39 is 11.6 Å². The van der Waals surface area contributed by atoms with Crippen LogP contribution in [0, 0.1) is 11.6 Å². The molecule has 2 N–H and O–H groups in total. The van der Waals surface area contributed by atoms with Gasteiger partial charge < -0.3 is 15.4 Å². The van der Waals surface area contributed by atoms with Gasteiger partial charge in [0, 0.05) is 31.2 Å². The smallest absolute Gasteiger partial charge is 0.242 e. The number of carbonyl (C=O) groups excluding carboxylic acids is 1. The third-order valence-electron chi connectivity index (χ3n) is 4.52. The van der Waals surface area contributed by atoms with Crippen molar-refractivity contribution >= 4 is 11.7 Å². The van der Waals surface area contributed by atoms with Gasteiger partial charge in [-0.3, -0.25) is 9.69 Å². The Morgan fingerprint density at radius 1 is 1.32 bits per heavy atom. The minimum absolute atomic E-state index is 0.0282. The van der Waals surface area contributed by atoms with Crippen molar-refractivity contribution in [3.05, 3.63) is 42.2 Å². The standard InChI is InChI=1S/C19H23F2N5O2/c1-12(26-7-6-24-19(2,3)11-26)18(27)25-16-9-23-17(10-22-16)28-15-5-4-13(20)8-14(15)21/h4-5,8-10,12,24H,6-7,11H2,1-3H3,(H,22,25,27). The molecule has 1 amide bonds. The normalized spacial score (nSPS) is 17.8. The Kier molecular flexibility index (Phi) is 5.85. The van der Waals surface area contributed by atoms with Crippen molar-refractivity contribution in [1.82, 2.24) is 20.2 Å². The number of piperazine rings is 1. The highest BCUT2D eigenvalue weighted by atomic mass is 19.1. The lowest BCUT2D eigenvalue weighted by Gasteiger charge is -2.41. The Balaban J connectivity index is 1.59. The molecule has 0 spiro atoms. The van der Waals surface area contributed by atoms with Crippen molar-refractivity contribution in [3.63, 3.8) is 0 Å². The lowest BCUT2D eigenvalue weighted by atomic mass is 10.0. The molecule has 1 saturated heterocycles. The number of aromatic nitrogens is 2. The maximum atomic E-state index is 13.6. The SMILES string of the molecule is CC(C(=O)Nc1cnc(Oc2ccc(F)cc2F)cn1)N1CCNC(C)(C)C1. The quantitative estimate of drug-likeness (QED) is 0.816. The van der Waals surface area contributed by atoms with Gasteiger partial charge in [-0.05, 0) is 32.9 Å². The molecule has 7 nitrogen and oxygen atoms in total. The van der Waals surface area contributed by atoms with Gasteiger partial charge in [0.15, 0.2) is 17.4 Å². The van der Waals surface area contributed by atoms with Crippen LogP contribution in [0.15, 0.2) is 30.6 Å². The van der Waals surface area contributed by atoms with Gasteiger partial charge in [0.05, 0.1) is 18.4 Å². The summed E-state index contributed by atoms with van der Waals surface area (Å²) < 4.78 is 31.8. The number of rotatable bonds is 5. The molecule has 0 radical (unpaired) electrons. The summed E-state index contributed by atoms with van der Waals surface area (Å²) in [6, 6.07) is 2.64. The van der Waals surface area contributed by atoms with Gasteiger partial charge in [-0.1, -0.05) is 0 Å². The number of hydrogen-bond donors (Lipinski definition) is 2. The number of ether oxygens (including phenoxy) is 1. The van der Waals surface area contributed by atoms with Crippen LogP contribution < -0.4 is 15.4 Å². The monoisotopic (exact) mass is 391 g/mol. The van der Waals surface area contributed by atoms with Crippen LogP contribution in [-0.2, 0) is 4.79 Å². The minimum Gasteiger partial charge on any atom is -0.434 e. The Hall–Kier alpha value is -2.65. The second-order valence-corrected chi connectivity index (χ2v) is 7.36. The first-order valence-corrected chi connectivity index (χ1v) is 8.98. The van der Waals surface area contributed by atoms with Crippen molar-refractivity contribution in [1.29, 1.82) is 0 Å². The fraction of sp³-hybridized carbons (Fsp3) is 0.421. The number of nitrogens with one attached hydrogen (secondary N) is 2. The number of carbonyl (C=O) groups is 1. The van der Waals surface area contributed by atoms with Crippen LogP contribution in [0.2, 0.25) is 0 Å². The third-order valence-corrected chi connectivity index (χ3v) is 4.52. The summed E-state index contributed by atoms with van der Waals surface area (Å²) in [5.74, 6) is -1.60. The number of hydrogen-bond acceptors (Lipinski definition) is 6. The summed E-state index contributed by atoms with van der Waals surface area (Å²) in [5, 5.41) is 6.13. The molecular weight excluding hydrogens is 368 g/mol. The molecule has 1 aromatic carbocycles. The fourth-order valence-electron chi connectivity index (χ4n) is 3.01.